The first-order chi connectivity index (χ1) is 9.35. The third-order valence-electron chi connectivity index (χ3n) is 3.88. The number of hydrogen-bond donors (Lipinski definition) is 1. The molecule has 4 nitrogen and oxygen atoms in total. The van der Waals surface area contributed by atoms with Gasteiger partial charge in [-0.25, -0.2) is 0 Å². The molecule has 20 heavy (non-hydrogen) atoms. The molecule has 0 bridgehead atoms. The second kappa shape index (κ2) is 6.02. The Balaban J connectivity index is 1.84. The van der Waals surface area contributed by atoms with Crippen LogP contribution in [0.2, 0.25) is 0 Å². The Hall–Kier alpha value is -1.26. The minimum atomic E-state index is 0.361. The number of hydrogen-bond acceptors (Lipinski definition) is 3. The van der Waals surface area contributed by atoms with Crippen molar-refractivity contribution in [3.8, 4) is 0 Å². The average molecular weight is 278 g/mol. The van der Waals surface area contributed by atoms with Gasteiger partial charge in [0.05, 0.1) is 33.9 Å². The van der Waals surface area contributed by atoms with Gasteiger partial charge in [-0.1, -0.05) is 0 Å². The van der Waals surface area contributed by atoms with Crippen molar-refractivity contribution in [3.05, 3.63) is 23.8 Å². The van der Waals surface area contributed by atoms with E-state index in [9.17, 15) is 0 Å². The van der Waals surface area contributed by atoms with Crippen molar-refractivity contribution in [3.63, 3.8) is 0 Å². The first-order valence-electron chi connectivity index (χ1n) is 7.38. The summed E-state index contributed by atoms with van der Waals surface area (Å²) in [5, 5.41) is 0. The van der Waals surface area contributed by atoms with E-state index in [-0.39, 0.29) is 0 Å². The molecule has 1 heterocycles. The van der Waals surface area contributed by atoms with Crippen molar-refractivity contribution < 1.29 is 9.22 Å². The minimum Gasteiger partial charge on any atom is -0.399 e. The van der Waals surface area contributed by atoms with Crippen LogP contribution in [0.5, 0.6) is 0 Å². The molecule has 1 aromatic rings. The smallest absolute Gasteiger partial charge is 0.102 e. The van der Waals surface area contributed by atoms with Crippen LogP contribution < -0.4 is 10.6 Å². The minimum absolute atomic E-state index is 0.361. The first-order valence-corrected chi connectivity index (χ1v) is 7.38. The molecule has 0 aliphatic carbocycles. The van der Waals surface area contributed by atoms with Crippen LogP contribution >= 0.6 is 0 Å². The molecule has 1 aromatic carbocycles. The second-order valence-corrected chi connectivity index (χ2v) is 6.78. The summed E-state index contributed by atoms with van der Waals surface area (Å²) in [6.07, 6.45) is 1.47. The monoisotopic (exact) mass is 278 g/mol. The van der Waals surface area contributed by atoms with E-state index in [1.165, 1.54) is 5.69 Å². The van der Waals surface area contributed by atoms with Crippen LogP contribution in [0.3, 0.4) is 0 Å². The number of ether oxygens (including phenoxy) is 1. The van der Waals surface area contributed by atoms with Gasteiger partial charge < -0.3 is 19.9 Å². The van der Waals surface area contributed by atoms with Crippen molar-refractivity contribution >= 4 is 11.4 Å². The average Bonchev–Trinajstić information content (AvgIpc) is 2.80. The molecule has 2 N–H and O–H groups in total. The Morgan fingerprint density at radius 3 is 2.75 bits per heavy atom. The summed E-state index contributed by atoms with van der Waals surface area (Å²) in [4.78, 5) is 2.39. The third kappa shape index (κ3) is 4.12. The summed E-state index contributed by atoms with van der Waals surface area (Å²) in [6.45, 7) is 6.00. The van der Waals surface area contributed by atoms with Crippen molar-refractivity contribution in [2.75, 3.05) is 58.0 Å². The summed E-state index contributed by atoms with van der Waals surface area (Å²) >= 11 is 0. The van der Waals surface area contributed by atoms with Gasteiger partial charge in [0.15, 0.2) is 0 Å². The number of nitrogens with two attached hydrogens (primary N) is 1. The normalized spacial score (nSPS) is 19.6. The molecule has 0 saturated carbocycles. The Labute approximate surface area is 122 Å². The fourth-order valence-corrected chi connectivity index (χ4v) is 2.45. The number of benzene rings is 1. The maximum atomic E-state index is 6.00. The van der Waals surface area contributed by atoms with E-state index in [2.05, 4.69) is 45.1 Å². The lowest BCUT2D eigenvalue weighted by molar-refractivity contribution is -0.870. The van der Waals surface area contributed by atoms with E-state index >= 15 is 0 Å². The van der Waals surface area contributed by atoms with Crippen LogP contribution in [-0.2, 0) is 4.74 Å². The Bertz CT molecular complexity index is 454. The zero-order chi connectivity index (χ0) is 14.8. The quantitative estimate of drug-likeness (QED) is 0.660. The largest absolute Gasteiger partial charge is 0.399 e. The molecule has 2 rings (SSSR count). The molecule has 0 radical (unpaired) electrons. The van der Waals surface area contributed by atoms with Gasteiger partial charge in [0, 0.05) is 24.5 Å². The number of anilines is 2. The molecule has 0 spiro atoms. The first kappa shape index (κ1) is 15.1. The lowest BCUT2D eigenvalue weighted by atomic mass is 10.2. The van der Waals surface area contributed by atoms with E-state index in [0.717, 1.165) is 48.4 Å². The third-order valence-corrected chi connectivity index (χ3v) is 3.88. The fraction of sp³-hybridized carbons (Fsp3) is 0.625. The van der Waals surface area contributed by atoms with Gasteiger partial charge >= 0.3 is 0 Å². The molecule has 1 atom stereocenters. The van der Waals surface area contributed by atoms with E-state index < -0.39 is 0 Å². The standard InChI is InChI=1S/C16H28N3O/c1-13-11-14(5-6-16(13)17)18-8-7-15(12-18)20-10-9-19(2,3)4/h5-6,11,15H,7-10,12,17H2,1-4H3/q+1. The van der Waals surface area contributed by atoms with Crippen molar-refractivity contribution in [2.24, 2.45) is 0 Å². The van der Waals surface area contributed by atoms with Gasteiger partial charge in [0.2, 0.25) is 0 Å². The van der Waals surface area contributed by atoms with E-state index in [1.54, 1.807) is 0 Å². The predicted molar refractivity (Wildman–Crippen MR) is 85.1 cm³/mol. The summed E-state index contributed by atoms with van der Waals surface area (Å²) in [5.41, 5.74) is 9.15. The van der Waals surface area contributed by atoms with Crippen LogP contribution in [0.4, 0.5) is 11.4 Å². The highest BCUT2D eigenvalue weighted by Crippen LogP contribution is 2.25. The van der Waals surface area contributed by atoms with Crippen LogP contribution in [-0.4, -0.2) is 58.0 Å². The van der Waals surface area contributed by atoms with Crippen molar-refractivity contribution in [2.45, 2.75) is 19.4 Å². The highest BCUT2D eigenvalue weighted by Gasteiger charge is 2.24. The molecule has 112 valence electrons. The van der Waals surface area contributed by atoms with Gasteiger partial charge in [-0.05, 0) is 37.1 Å². The topological polar surface area (TPSA) is 38.5 Å². The zero-order valence-electron chi connectivity index (χ0n) is 13.2. The molecular weight excluding hydrogens is 250 g/mol. The summed E-state index contributed by atoms with van der Waals surface area (Å²) in [7, 11) is 6.59. The van der Waals surface area contributed by atoms with Gasteiger partial charge in [-0.3, -0.25) is 0 Å². The van der Waals surface area contributed by atoms with Crippen LogP contribution in [0, 0.1) is 6.92 Å². The van der Waals surface area contributed by atoms with Crippen LogP contribution in [0.15, 0.2) is 18.2 Å². The molecule has 0 aromatic heterocycles. The number of aryl methyl sites for hydroxylation is 1. The van der Waals surface area contributed by atoms with E-state index in [0.29, 0.717) is 6.10 Å². The van der Waals surface area contributed by atoms with Gasteiger partial charge in [-0.2, -0.15) is 0 Å². The number of likely N-dealkylation sites (N-methyl/N-ethyl adjacent to an activating group) is 1. The number of nitrogen functional groups attached to an aromatic ring is 1. The highest BCUT2D eigenvalue weighted by molar-refractivity contribution is 5.58. The van der Waals surface area contributed by atoms with E-state index in [1.807, 2.05) is 6.07 Å². The summed E-state index contributed by atoms with van der Waals surface area (Å²) in [6, 6.07) is 6.27. The Morgan fingerprint density at radius 1 is 1.35 bits per heavy atom. The van der Waals surface area contributed by atoms with Gasteiger partial charge in [0.1, 0.15) is 6.54 Å². The zero-order valence-corrected chi connectivity index (χ0v) is 13.2. The molecule has 1 fully saturated rings. The van der Waals surface area contributed by atoms with Gasteiger partial charge in [-0.15, -0.1) is 0 Å². The maximum absolute atomic E-state index is 6.00. The van der Waals surface area contributed by atoms with Crippen LogP contribution in [0.1, 0.15) is 12.0 Å². The molecule has 4 heteroatoms. The molecule has 1 unspecified atom stereocenters. The SMILES string of the molecule is Cc1cc(N2CCC(OCC[N+](C)(C)C)C2)ccc1N. The second-order valence-electron chi connectivity index (χ2n) is 6.78. The molecule has 1 aliphatic heterocycles. The Morgan fingerprint density at radius 2 is 2.10 bits per heavy atom. The Kier molecular flexibility index (Phi) is 4.55. The maximum Gasteiger partial charge on any atom is 0.102 e. The summed E-state index contributed by atoms with van der Waals surface area (Å²) < 4.78 is 6.95. The molecule has 1 aliphatic rings. The van der Waals surface area contributed by atoms with E-state index in [4.69, 9.17) is 10.5 Å². The summed E-state index contributed by atoms with van der Waals surface area (Å²) in [5.74, 6) is 0. The lowest BCUT2D eigenvalue weighted by Gasteiger charge is -2.24. The van der Waals surface area contributed by atoms with Crippen LogP contribution in [0.25, 0.3) is 0 Å². The number of nitrogens with zero attached hydrogens (tertiary/aromatic N) is 2. The molecule has 0 amide bonds. The lowest BCUT2D eigenvalue weighted by Crippen LogP contribution is -2.38. The van der Waals surface area contributed by atoms with Crippen molar-refractivity contribution in [1.82, 2.24) is 0 Å². The van der Waals surface area contributed by atoms with Crippen molar-refractivity contribution in [1.29, 1.82) is 0 Å². The molecular formula is C16H28N3O+. The molecule has 1 saturated heterocycles. The highest BCUT2D eigenvalue weighted by atomic mass is 16.5. The van der Waals surface area contributed by atoms with Gasteiger partial charge in [0.25, 0.3) is 0 Å². The predicted octanol–water partition coefficient (Wildman–Crippen LogP) is 1.88. The fourth-order valence-electron chi connectivity index (χ4n) is 2.45. The number of quaternary nitrogens is 1. The number of rotatable bonds is 5.